The van der Waals surface area contributed by atoms with Gasteiger partial charge in [-0.05, 0) is 19.4 Å². The Bertz CT molecular complexity index is 1600. The molecule has 2 N–H and O–H groups in total. The number of pyridine rings is 1. The van der Waals surface area contributed by atoms with Crippen LogP contribution >= 0.6 is 0 Å². The van der Waals surface area contributed by atoms with Gasteiger partial charge in [0.05, 0.1) is 24.5 Å². The molecular formula is C26H21F6N5O3. The number of rotatable bonds is 5. The van der Waals surface area contributed by atoms with Crippen LogP contribution in [0.2, 0.25) is 0 Å². The number of β-amino-alcohol motifs (C(OH)–C–C–N with tert-alkyl or cyclic N) is 1. The first-order valence-corrected chi connectivity index (χ1v) is 12.1. The van der Waals surface area contributed by atoms with Gasteiger partial charge in [-0.25, -0.2) is 19.3 Å². The van der Waals surface area contributed by atoms with Crippen LogP contribution in [-0.2, 0) is 5.60 Å². The number of alkyl halides is 5. The highest BCUT2D eigenvalue weighted by Gasteiger charge is 2.61. The minimum absolute atomic E-state index is 0.0389. The summed E-state index contributed by atoms with van der Waals surface area (Å²) in [5.41, 5.74) is -2.73. The Kier molecular flexibility index (Phi) is 5.79. The number of fused-ring (bicyclic) bond motifs is 3. The van der Waals surface area contributed by atoms with Crippen LogP contribution in [0, 0.1) is 5.82 Å². The SMILES string of the molecule is C[C@]1(O)C[C@H](c2ccccc2OC(F)F)c2c1nc1cc(F)c(-c3cnc(N4CC(O)(C(F)(F)F)C4)nc3)cn21. The van der Waals surface area contributed by atoms with E-state index >= 15 is 4.39 Å². The molecule has 14 heteroatoms. The van der Waals surface area contributed by atoms with Crippen LogP contribution in [-0.4, -0.2) is 61.0 Å². The third-order valence-electron chi connectivity index (χ3n) is 7.36. The van der Waals surface area contributed by atoms with Crippen molar-refractivity contribution >= 4 is 11.6 Å². The molecule has 2 atom stereocenters. The summed E-state index contributed by atoms with van der Waals surface area (Å²) in [5, 5.41) is 20.8. The zero-order valence-electron chi connectivity index (χ0n) is 20.7. The van der Waals surface area contributed by atoms with Gasteiger partial charge in [-0.15, -0.1) is 0 Å². The smallest absolute Gasteiger partial charge is 0.420 e. The van der Waals surface area contributed by atoms with E-state index < -0.39 is 48.8 Å². The molecule has 1 fully saturated rings. The maximum atomic E-state index is 15.2. The van der Waals surface area contributed by atoms with Crippen LogP contribution in [0.25, 0.3) is 16.8 Å². The van der Waals surface area contributed by atoms with Gasteiger partial charge in [0.1, 0.15) is 22.8 Å². The maximum Gasteiger partial charge on any atom is 0.420 e. The van der Waals surface area contributed by atoms with E-state index in [0.717, 1.165) is 11.0 Å². The molecule has 1 aromatic carbocycles. The highest BCUT2D eigenvalue weighted by atomic mass is 19.4. The molecule has 3 aromatic heterocycles. The van der Waals surface area contributed by atoms with Gasteiger partial charge >= 0.3 is 12.8 Å². The van der Waals surface area contributed by atoms with Crippen molar-refractivity contribution in [2.75, 3.05) is 18.0 Å². The van der Waals surface area contributed by atoms with Crippen molar-refractivity contribution in [2.24, 2.45) is 0 Å². The highest BCUT2D eigenvalue weighted by molar-refractivity contribution is 5.66. The van der Waals surface area contributed by atoms with Gasteiger partial charge in [-0.3, -0.25) is 0 Å². The van der Waals surface area contributed by atoms with E-state index in [9.17, 15) is 32.2 Å². The fraction of sp³-hybridized carbons (Fsp3) is 0.346. The molecule has 1 aliphatic carbocycles. The molecule has 4 aromatic rings. The molecule has 0 radical (unpaired) electrons. The lowest BCUT2D eigenvalue weighted by Gasteiger charge is -2.46. The fourth-order valence-corrected chi connectivity index (χ4v) is 5.37. The Morgan fingerprint density at radius 2 is 1.77 bits per heavy atom. The first-order valence-electron chi connectivity index (χ1n) is 12.1. The normalized spacial score (nSPS) is 22.1. The van der Waals surface area contributed by atoms with E-state index in [1.54, 1.807) is 22.6 Å². The predicted octanol–water partition coefficient (Wildman–Crippen LogP) is 4.39. The number of nitrogens with zero attached hydrogens (tertiary/aromatic N) is 5. The number of halogens is 6. The molecule has 8 nitrogen and oxygen atoms in total. The summed E-state index contributed by atoms with van der Waals surface area (Å²) < 4.78 is 86.5. The molecule has 210 valence electrons. The number of imidazole rings is 1. The number of aliphatic hydroxyl groups is 2. The Hall–Kier alpha value is -3.91. The second-order valence-electron chi connectivity index (χ2n) is 10.2. The first kappa shape index (κ1) is 26.3. The lowest BCUT2D eigenvalue weighted by molar-refractivity contribution is -0.267. The van der Waals surface area contributed by atoms with Crippen molar-refractivity contribution in [3.8, 4) is 16.9 Å². The van der Waals surface area contributed by atoms with Crippen molar-refractivity contribution in [1.82, 2.24) is 19.4 Å². The van der Waals surface area contributed by atoms with Crippen LogP contribution in [0.15, 0.2) is 48.9 Å². The van der Waals surface area contributed by atoms with Gasteiger partial charge in [-0.1, -0.05) is 18.2 Å². The highest BCUT2D eigenvalue weighted by Crippen LogP contribution is 2.50. The average Bonchev–Trinajstić information content (AvgIpc) is 3.35. The summed E-state index contributed by atoms with van der Waals surface area (Å²) in [4.78, 5) is 13.7. The van der Waals surface area contributed by atoms with Crippen molar-refractivity contribution < 1.29 is 41.3 Å². The lowest BCUT2D eigenvalue weighted by Crippen LogP contribution is -2.69. The van der Waals surface area contributed by atoms with E-state index in [1.807, 2.05) is 0 Å². The topological polar surface area (TPSA) is 96.0 Å². The van der Waals surface area contributed by atoms with Crippen molar-refractivity contribution in [3.05, 3.63) is 71.7 Å². The quantitative estimate of drug-likeness (QED) is 0.347. The van der Waals surface area contributed by atoms with Crippen LogP contribution in [0.4, 0.5) is 32.3 Å². The molecule has 0 bridgehead atoms. The third-order valence-corrected chi connectivity index (χ3v) is 7.36. The van der Waals surface area contributed by atoms with Crippen molar-refractivity contribution in [1.29, 1.82) is 0 Å². The van der Waals surface area contributed by atoms with E-state index in [2.05, 4.69) is 15.0 Å². The number of ether oxygens (including phenoxy) is 1. The average molecular weight is 565 g/mol. The first-order chi connectivity index (χ1) is 18.8. The molecule has 0 unspecified atom stereocenters. The van der Waals surface area contributed by atoms with Crippen LogP contribution in [0.1, 0.15) is 36.2 Å². The van der Waals surface area contributed by atoms with Crippen molar-refractivity contribution in [2.45, 2.75) is 43.3 Å². The number of anilines is 1. The monoisotopic (exact) mass is 565 g/mol. The maximum absolute atomic E-state index is 15.2. The van der Waals surface area contributed by atoms with Gasteiger partial charge in [0.15, 0.2) is 5.60 Å². The molecule has 40 heavy (non-hydrogen) atoms. The predicted molar refractivity (Wildman–Crippen MR) is 128 cm³/mol. The van der Waals surface area contributed by atoms with E-state index in [-0.39, 0.29) is 40.6 Å². The second-order valence-corrected chi connectivity index (χ2v) is 10.2. The number of para-hydroxylation sites is 1. The minimum Gasteiger partial charge on any atom is -0.435 e. The van der Waals surface area contributed by atoms with E-state index in [1.165, 1.54) is 31.6 Å². The largest absolute Gasteiger partial charge is 0.435 e. The summed E-state index contributed by atoms with van der Waals surface area (Å²) in [7, 11) is 0. The molecule has 2 aliphatic rings. The molecule has 0 amide bonds. The van der Waals surface area contributed by atoms with Crippen molar-refractivity contribution in [3.63, 3.8) is 0 Å². The Morgan fingerprint density at radius 3 is 2.42 bits per heavy atom. The zero-order chi connectivity index (χ0) is 28.6. The standard InChI is InChI=1S/C26H21F6N5O3/c1-24(38)7-15(14-4-2-3-5-18(14)40-22(28)29)20-21(24)35-19-6-17(27)16(10-37(19)20)13-8-33-23(34-9-13)36-11-25(39,12-36)26(30,31)32/h2-6,8-10,15,22,38-39H,7,11-12H2,1H3/t15-,24+/m1/s1. The molecule has 4 heterocycles. The Morgan fingerprint density at radius 1 is 1.10 bits per heavy atom. The molecule has 0 spiro atoms. The van der Waals surface area contributed by atoms with Gasteiger partial charge < -0.3 is 24.3 Å². The van der Waals surface area contributed by atoms with Gasteiger partial charge in [0.25, 0.3) is 0 Å². The molecule has 1 aliphatic heterocycles. The van der Waals surface area contributed by atoms with Crippen LogP contribution in [0.3, 0.4) is 0 Å². The Labute approximate surface area is 222 Å². The summed E-state index contributed by atoms with van der Waals surface area (Å²) in [6.45, 7) is -2.98. The number of aromatic nitrogens is 4. The zero-order valence-corrected chi connectivity index (χ0v) is 20.7. The number of hydrogen-bond acceptors (Lipinski definition) is 7. The number of benzene rings is 1. The summed E-state index contributed by atoms with van der Waals surface area (Å²) in [6.07, 6.45) is -0.766. The van der Waals surface area contributed by atoms with E-state index in [4.69, 9.17) is 4.74 Å². The second kappa shape index (κ2) is 8.80. The van der Waals surface area contributed by atoms with Gasteiger partial charge in [0, 0.05) is 47.3 Å². The van der Waals surface area contributed by atoms with E-state index in [0.29, 0.717) is 11.3 Å². The minimum atomic E-state index is -4.79. The lowest BCUT2D eigenvalue weighted by atomic mass is 9.93. The van der Waals surface area contributed by atoms with Gasteiger partial charge in [-0.2, -0.15) is 22.0 Å². The van der Waals surface area contributed by atoms with Gasteiger partial charge in [0.2, 0.25) is 5.95 Å². The molecule has 1 saturated heterocycles. The van der Waals surface area contributed by atoms with Crippen LogP contribution < -0.4 is 9.64 Å². The van der Waals surface area contributed by atoms with Crippen LogP contribution in [0.5, 0.6) is 5.75 Å². The third kappa shape index (κ3) is 4.13. The summed E-state index contributed by atoms with van der Waals surface area (Å²) in [6, 6.07) is 7.36. The summed E-state index contributed by atoms with van der Waals surface area (Å²) in [5.74, 6) is -1.43. The fourth-order valence-electron chi connectivity index (χ4n) is 5.37. The summed E-state index contributed by atoms with van der Waals surface area (Å²) >= 11 is 0. The number of hydrogen-bond donors (Lipinski definition) is 2. The molecule has 6 rings (SSSR count). The Balaban J connectivity index is 1.38. The molecular weight excluding hydrogens is 544 g/mol. The molecule has 0 saturated carbocycles.